The van der Waals surface area contributed by atoms with E-state index < -0.39 is 30.2 Å². The van der Waals surface area contributed by atoms with Gasteiger partial charge in [0, 0.05) is 0 Å². The molecule has 0 aliphatic heterocycles. The Labute approximate surface area is 231 Å². The molecule has 5 aromatic carbocycles. The first-order chi connectivity index (χ1) is 18.9. The number of hydrogen-bond acceptors (Lipinski definition) is 4. The Kier molecular flexibility index (Phi) is 7.41. The molecular weight excluding hydrogens is 594 g/mol. The fraction of sp³-hybridized carbons (Fsp3) is 0.0588. The first-order valence-electron chi connectivity index (χ1n) is 12.7. The second-order valence-corrected chi connectivity index (χ2v) is 20.4. The zero-order valence-electron chi connectivity index (χ0n) is 21.9. The molecule has 194 valence electrons. The predicted molar refractivity (Wildman–Crippen MR) is 157 cm³/mol. The molecule has 0 saturated carbocycles. The summed E-state index contributed by atoms with van der Waals surface area (Å²) >= 11 is -5.93. The van der Waals surface area contributed by atoms with Crippen molar-refractivity contribution in [1.82, 2.24) is 0 Å². The van der Waals surface area contributed by atoms with Crippen LogP contribution >= 0.6 is 0 Å². The summed E-state index contributed by atoms with van der Waals surface area (Å²) in [5, 5.41) is 0. The third kappa shape index (κ3) is 4.89. The van der Waals surface area contributed by atoms with Crippen molar-refractivity contribution in [2.75, 3.05) is 0 Å². The summed E-state index contributed by atoms with van der Waals surface area (Å²) < 4.78 is 15.7. The summed E-state index contributed by atoms with van der Waals surface area (Å²) in [4.78, 5) is 28.2. The van der Waals surface area contributed by atoms with Crippen LogP contribution in [-0.4, -0.2) is 30.2 Å². The third-order valence-corrected chi connectivity index (χ3v) is 20.3. The van der Waals surface area contributed by atoms with Crippen LogP contribution in [0.5, 0.6) is 0 Å². The standard InChI is InChI=1S/2C8H8O2.3C6H5.Sb/c2*1-6-2-4-7(5-3-6)8(9)10;3*1-2-4-6-5-3-1;/h2*2-5H,1H3,(H,9,10);3*1-5H;/q;;;;;+2/p-2. The average molecular weight is 623 g/mol. The summed E-state index contributed by atoms with van der Waals surface area (Å²) in [5.74, 6) is -1.10. The molecular formula is C34H29O4Sb. The fourth-order valence-corrected chi connectivity index (χ4v) is 17.7. The van der Waals surface area contributed by atoms with E-state index in [9.17, 15) is 9.59 Å². The van der Waals surface area contributed by atoms with E-state index in [1.54, 1.807) is 24.3 Å². The van der Waals surface area contributed by atoms with Gasteiger partial charge in [0.25, 0.3) is 0 Å². The van der Waals surface area contributed by atoms with E-state index in [4.69, 9.17) is 6.03 Å². The summed E-state index contributed by atoms with van der Waals surface area (Å²) in [7, 11) is 0. The molecule has 5 heteroatoms. The van der Waals surface area contributed by atoms with Crippen LogP contribution in [0.25, 0.3) is 0 Å². The van der Waals surface area contributed by atoms with Gasteiger partial charge in [-0.25, -0.2) is 0 Å². The molecule has 0 heterocycles. The Morgan fingerprint density at radius 3 is 1.00 bits per heavy atom. The molecule has 0 aliphatic rings. The minimum atomic E-state index is -5.93. The van der Waals surface area contributed by atoms with Gasteiger partial charge in [0.1, 0.15) is 0 Å². The van der Waals surface area contributed by atoms with Crippen molar-refractivity contribution >= 4 is 40.7 Å². The number of benzene rings is 5. The molecule has 0 saturated heterocycles. The number of carbonyl (C=O) groups is 2. The van der Waals surface area contributed by atoms with Gasteiger partial charge in [-0.3, -0.25) is 0 Å². The molecule has 0 spiro atoms. The number of hydrogen-bond donors (Lipinski definition) is 0. The SMILES string of the molecule is Cc1ccc(C(=O)[O][Sb]([O]C(=O)c2ccc(C)cc2)([c]2ccccc2)([c]2ccccc2)[c]2ccccc2)cc1. The van der Waals surface area contributed by atoms with Crippen molar-refractivity contribution in [1.29, 1.82) is 0 Å². The van der Waals surface area contributed by atoms with E-state index >= 15 is 0 Å². The predicted octanol–water partition coefficient (Wildman–Crippen LogP) is 5.44. The Morgan fingerprint density at radius 1 is 0.436 bits per heavy atom. The molecule has 0 radical (unpaired) electrons. The Balaban J connectivity index is 1.86. The van der Waals surface area contributed by atoms with Crippen molar-refractivity contribution in [2.24, 2.45) is 0 Å². The summed E-state index contributed by atoms with van der Waals surface area (Å²) in [6.45, 7) is 3.92. The Morgan fingerprint density at radius 2 is 0.718 bits per heavy atom. The molecule has 0 aliphatic carbocycles. The average Bonchev–Trinajstić information content (AvgIpc) is 2.99. The number of rotatable bonds is 7. The van der Waals surface area contributed by atoms with Crippen molar-refractivity contribution in [2.45, 2.75) is 13.8 Å². The molecule has 0 amide bonds. The van der Waals surface area contributed by atoms with Crippen molar-refractivity contribution in [3.8, 4) is 0 Å². The van der Waals surface area contributed by atoms with Crippen LogP contribution in [0.4, 0.5) is 0 Å². The van der Waals surface area contributed by atoms with Gasteiger partial charge >= 0.3 is 232 Å². The quantitative estimate of drug-likeness (QED) is 0.227. The van der Waals surface area contributed by atoms with Gasteiger partial charge in [-0.15, -0.1) is 0 Å². The zero-order chi connectivity index (χ0) is 27.3. The fourth-order valence-electron chi connectivity index (χ4n) is 4.68. The van der Waals surface area contributed by atoms with Crippen LogP contribution in [-0.2, 0) is 6.03 Å². The van der Waals surface area contributed by atoms with Crippen LogP contribution in [0.1, 0.15) is 31.8 Å². The van der Waals surface area contributed by atoms with E-state index in [0.29, 0.717) is 21.7 Å². The number of aryl methyl sites for hydroxylation is 2. The molecule has 5 aromatic rings. The number of carbonyl (C=O) groups excluding carboxylic acids is 2. The van der Waals surface area contributed by atoms with E-state index in [1.165, 1.54) is 0 Å². The Bertz CT molecular complexity index is 1420. The van der Waals surface area contributed by atoms with E-state index in [1.807, 2.05) is 129 Å². The van der Waals surface area contributed by atoms with Crippen LogP contribution in [0.2, 0.25) is 0 Å². The van der Waals surface area contributed by atoms with E-state index in [2.05, 4.69) is 0 Å². The van der Waals surface area contributed by atoms with E-state index in [0.717, 1.165) is 11.1 Å². The van der Waals surface area contributed by atoms with Crippen molar-refractivity contribution < 1.29 is 15.6 Å². The maximum atomic E-state index is 14.1. The topological polar surface area (TPSA) is 52.6 Å². The van der Waals surface area contributed by atoms with Crippen molar-refractivity contribution in [3.05, 3.63) is 162 Å². The monoisotopic (exact) mass is 622 g/mol. The second kappa shape index (κ2) is 10.9. The molecule has 39 heavy (non-hydrogen) atoms. The van der Waals surface area contributed by atoms with Crippen LogP contribution in [0.15, 0.2) is 140 Å². The first kappa shape index (κ1) is 26.5. The van der Waals surface area contributed by atoms with Crippen LogP contribution in [0.3, 0.4) is 0 Å². The van der Waals surface area contributed by atoms with E-state index in [-0.39, 0.29) is 0 Å². The van der Waals surface area contributed by atoms with Gasteiger partial charge in [-0.1, -0.05) is 0 Å². The molecule has 0 aromatic heterocycles. The molecule has 4 nitrogen and oxygen atoms in total. The van der Waals surface area contributed by atoms with Gasteiger partial charge < -0.3 is 0 Å². The molecule has 0 atom stereocenters. The molecule has 5 rings (SSSR count). The Hall–Kier alpha value is -4.14. The summed E-state index contributed by atoms with van der Waals surface area (Å²) in [6.07, 6.45) is 0. The molecule has 0 fully saturated rings. The molecule has 0 bridgehead atoms. The van der Waals surface area contributed by atoms with Gasteiger partial charge in [0.15, 0.2) is 0 Å². The third-order valence-electron chi connectivity index (χ3n) is 6.76. The van der Waals surface area contributed by atoms with Gasteiger partial charge in [0.2, 0.25) is 0 Å². The van der Waals surface area contributed by atoms with Crippen LogP contribution in [0, 0.1) is 13.8 Å². The van der Waals surface area contributed by atoms with Crippen molar-refractivity contribution in [3.63, 3.8) is 0 Å². The van der Waals surface area contributed by atoms with Gasteiger partial charge in [-0.05, 0) is 0 Å². The van der Waals surface area contributed by atoms with Crippen LogP contribution < -0.4 is 10.5 Å². The first-order valence-corrected chi connectivity index (χ1v) is 18.6. The zero-order valence-corrected chi connectivity index (χ0v) is 24.4. The van der Waals surface area contributed by atoms with Gasteiger partial charge in [-0.2, -0.15) is 0 Å². The van der Waals surface area contributed by atoms with Gasteiger partial charge in [0.05, 0.1) is 0 Å². The normalized spacial score (nSPS) is 12.1. The molecule has 0 N–H and O–H groups in total. The maximum absolute atomic E-state index is 14.1. The summed E-state index contributed by atoms with van der Waals surface area (Å²) in [6, 6.07) is 42.8. The second-order valence-electron chi connectivity index (χ2n) is 9.45. The minimum absolute atomic E-state index is 0.382. The molecule has 0 unspecified atom stereocenters. The summed E-state index contributed by atoms with van der Waals surface area (Å²) in [5.41, 5.74) is 2.81.